The number of ether oxygens (including phenoxy) is 1. The van der Waals surface area contributed by atoms with Crippen LogP contribution in [0.3, 0.4) is 0 Å². The molecule has 1 aromatic rings. The number of piperidine rings is 1. The van der Waals surface area contributed by atoms with Gasteiger partial charge in [0.2, 0.25) is 10.0 Å². The molecule has 2 rings (SSSR count). The lowest BCUT2D eigenvalue weighted by Gasteiger charge is -2.30. The lowest BCUT2D eigenvalue weighted by Crippen LogP contribution is -2.42. The molecule has 8 nitrogen and oxygen atoms in total. The first-order valence-electron chi connectivity index (χ1n) is 9.07. The summed E-state index contributed by atoms with van der Waals surface area (Å²) >= 11 is 0. The summed E-state index contributed by atoms with van der Waals surface area (Å²) in [5.41, 5.74) is 0.332. The number of carbonyl (C=O) groups is 3. The summed E-state index contributed by atoms with van der Waals surface area (Å²) in [6.45, 7) is 3.23. The Balaban J connectivity index is 2.01. The van der Waals surface area contributed by atoms with Gasteiger partial charge < -0.3 is 9.64 Å². The van der Waals surface area contributed by atoms with Crippen molar-refractivity contribution in [3.05, 3.63) is 29.8 Å². The van der Waals surface area contributed by atoms with Gasteiger partial charge in [-0.25, -0.2) is 8.42 Å². The molecule has 0 bridgehead atoms. The van der Waals surface area contributed by atoms with Crippen LogP contribution in [0.25, 0.3) is 0 Å². The number of sulfonamides is 1. The highest BCUT2D eigenvalue weighted by Gasteiger charge is 2.34. The van der Waals surface area contributed by atoms with E-state index in [1.54, 1.807) is 20.2 Å². The number of carbonyl (C=O) groups excluding carboxylic acids is 3. The van der Waals surface area contributed by atoms with Crippen molar-refractivity contribution in [3.8, 4) is 0 Å². The normalized spacial score (nSPS) is 17.0. The van der Waals surface area contributed by atoms with Gasteiger partial charge in [-0.2, -0.15) is 4.31 Å². The molecule has 0 unspecified atom stereocenters. The van der Waals surface area contributed by atoms with E-state index in [-0.39, 0.29) is 29.7 Å². The third kappa shape index (κ3) is 4.96. The van der Waals surface area contributed by atoms with Crippen LogP contribution in [0.1, 0.15) is 37.0 Å². The number of esters is 1. The number of ketones is 1. The van der Waals surface area contributed by atoms with Gasteiger partial charge in [0.25, 0.3) is 5.91 Å². The van der Waals surface area contributed by atoms with Gasteiger partial charge in [-0.1, -0.05) is 12.1 Å². The van der Waals surface area contributed by atoms with Crippen LogP contribution in [-0.2, 0) is 24.3 Å². The van der Waals surface area contributed by atoms with Gasteiger partial charge in [0, 0.05) is 32.7 Å². The van der Waals surface area contributed by atoms with Crippen LogP contribution in [-0.4, -0.2) is 68.6 Å². The minimum Gasteiger partial charge on any atom is -0.452 e. The standard InChI is InChI=1S/C19H26N2O6S/c1-13(22)16-6-5-7-17(12-16)28(25,26)21-10-8-15(9-11-21)19(24)27-14(2)18(23)20(3)4/h5-7,12,14-15H,8-11H2,1-4H3/t14-/m1/s1. The van der Waals surface area contributed by atoms with Crippen LogP contribution in [0, 0.1) is 5.92 Å². The molecule has 1 aliphatic heterocycles. The van der Waals surface area contributed by atoms with E-state index >= 15 is 0 Å². The van der Waals surface area contributed by atoms with Crippen LogP contribution in [0.15, 0.2) is 29.2 Å². The summed E-state index contributed by atoms with van der Waals surface area (Å²) in [6, 6.07) is 5.93. The second-order valence-electron chi connectivity index (χ2n) is 7.07. The number of amides is 1. The van der Waals surface area contributed by atoms with Crippen LogP contribution in [0.2, 0.25) is 0 Å². The Morgan fingerprint density at radius 1 is 1.18 bits per heavy atom. The molecule has 1 aromatic carbocycles. The quantitative estimate of drug-likeness (QED) is 0.518. The Labute approximate surface area is 165 Å². The van der Waals surface area contributed by atoms with Gasteiger partial charge >= 0.3 is 5.97 Å². The summed E-state index contributed by atoms with van der Waals surface area (Å²) in [7, 11) is -0.586. The number of likely N-dealkylation sites (N-methyl/N-ethyl adjacent to an activating group) is 1. The molecular weight excluding hydrogens is 384 g/mol. The molecule has 1 heterocycles. The fourth-order valence-electron chi connectivity index (χ4n) is 3.04. The molecule has 0 spiro atoms. The zero-order valence-corrected chi connectivity index (χ0v) is 17.4. The lowest BCUT2D eigenvalue weighted by molar-refractivity contribution is -0.162. The zero-order valence-electron chi connectivity index (χ0n) is 16.5. The molecule has 28 heavy (non-hydrogen) atoms. The van der Waals surface area contributed by atoms with Gasteiger partial charge in [-0.15, -0.1) is 0 Å². The molecule has 0 saturated carbocycles. The third-order valence-corrected chi connectivity index (χ3v) is 6.64. The van der Waals surface area contributed by atoms with Gasteiger partial charge in [0.05, 0.1) is 10.8 Å². The average molecular weight is 410 g/mol. The van der Waals surface area contributed by atoms with Gasteiger partial charge in [-0.3, -0.25) is 14.4 Å². The second kappa shape index (κ2) is 8.83. The molecular formula is C19H26N2O6S. The summed E-state index contributed by atoms with van der Waals surface area (Å²) in [4.78, 5) is 37.0. The van der Waals surface area contributed by atoms with E-state index in [1.807, 2.05) is 0 Å². The predicted octanol–water partition coefficient (Wildman–Crippen LogP) is 1.31. The van der Waals surface area contributed by atoms with Crippen LogP contribution >= 0.6 is 0 Å². The summed E-state index contributed by atoms with van der Waals surface area (Å²) in [6.07, 6.45) is -0.251. The van der Waals surface area contributed by atoms with E-state index in [4.69, 9.17) is 4.74 Å². The van der Waals surface area contributed by atoms with Crippen molar-refractivity contribution in [2.24, 2.45) is 5.92 Å². The van der Waals surface area contributed by atoms with Gasteiger partial charge in [-0.05, 0) is 38.8 Å². The van der Waals surface area contributed by atoms with Crippen molar-refractivity contribution in [1.29, 1.82) is 0 Å². The molecule has 0 radical (unpaired) electrons. The van der Waals surface area contributed by atoms with Crippen molar-refractivity contribution in [3.63, 3.8) is 0 Å². The molecule has 0 aliphatic carbocycles. The monoisotopic (exact) mass is 410 g/mol. The van der Waals surface area contributed by atoms with Crippen molar-refractivity contribution in [1.82, 2.24) is 9.21 Å². The fraction of sp³-hybridized carbons (Fsp3) is 0.526. The molecule has 1 fully saturated rings. The average Bonchev–Trinajstić information content (AvgIpc) is 2.67. The third-order valence-electron chi connectivity index (χ3n) is 4.75. The Morgan fingerprint density at radius 2 is 1.79 bits per heavy atom. The summed E-state index contributed by atoms with van der Waals surface area (Å²) in [5.74, 6) is -1.45. The first-order valence-corrected chi connectivity index (χ1v) is 10.5. The Kier molecular flexibility index (Phi) is 6.95. The second-order valence-corrected chi connectivity index (χ2v) is 9.01. The minimum atomic E-state index is -3.75. The summed E-state index contributed by atoms with van der Waals surface area (Å²) < 4.78 is 32.2. The zero-order chi connectivity index (χ0) is 21.1. The Hall–Kier alpha value is -2.26. The highest BCUT2D eigenvalue weighted by Crippen LogP contribution is 2.25. The SMILES string of the molecule is CC(=O)c1cccc(S(=O)(=O)N2CCC(C(=O)O[C@H](C)C(=O)N(C)C)CC2)c1. The van der Waals surface area contributed by atoms with Crippen LogP contribution < -0.4 is 0 Å². The van der Waals surface area contributed by atoms with E-state index in [9.17, 15) is 22.8 Å². The van der Waals surface area contributed by atoms with E-state index in [0.29, 0.717) is 18.4 Å². The van der Waals surface area contributed by atoms with Crippen molar-refractivity contribution in [2.45, 2.75) is 37.7 Å². The maximum Gasteiger partial charge on any atom is 0.309 e. The maximum absolute atomic E-state index is 12.8. The Morgan fingerprint density at radius 3 is 2.32 bits per heavy atom. The largest absolute Gasteiger partial charge is 0.452 e. The van der Waals surface area contributed by atoms with E-state index < -0.39 is 28.0 Å². The van der Waals surface area contributed by atoms with Crippen molar-refractivity contribution in [2.75, 3.05) is 27.2 Å². The number of rotatable bonds is 6. The fourth-order valence-corrected chi connectivity index (χ4v) is 4.56. The molecule has 154 valence electrons. The number of hydrogen-bond acceptors (Lipinski definition) is 6. The van der Waals surface area contributed by atoms with Crippen LogP contribution in [0.5, 0.6) is 0 Å². The van der Waals surface area contributed by atoms with Crippen molar-refractivity contribution >= 4 is 27.7 Å². The van der Waals surface area contributed by atoms with Crippen LogP contribution in [0.4, 0.5) is 0 Å². The first kappa shape index (κ1) is 22.0. The highest BCUT2D eigenvalue weighted by molar-refractivity contribution is 7.89. The summed E-state index contributed by atoms with van der Waals surface area (Å²) in [5, 5.41) is 0. The van der Waals surface area contributed by atoms with E-state index in [1.165, 1.54) is 41.3 Å². The highest BCUT2D eigenvalue weighted by atomic mass is 32.2. The number of nitrogens with zero attached hydrogens (tertiary/aromatic N) is 2. The maximum atomic E-state index is 12.8. The molecule has 0 aromatic heterocycles. The minimum absolute atomic E-state index is 0.0615. The van der Waals surface area contributed by atoms with Crippen molar-refractivity contribution < 1.29 is 27.5 Å². The predicted molar refractivity (Wildman–Crippen MR) is 102 cm³/mol. The molecule has 0 N–H and O–H groups in total. The number of benzene rings is 1. The van der Waals surface area contributed by atoms with Gasteiger partial charge in [0.15, 0.2) is 11.9 Å². The molecule has 1 atom stereocenters. The van der Waals surface area contributed by atoms with E-state index in [2.05, 4.69) is 0 Å². The molecule has 1 amide bonds. The van der Waals surface area contributed by atoms with E-state index in [0.717, 1.165) is 0 Å². The van der Waals surface area contributed by atoms with Gasteiger partial charge in [0.1, 0.15) is 0 Å². The topological polar surface area (TPSA) is 101 Å². The smallest absolute Gasteiger partial charge is 0.309 e. The number of Topliss-reactive ketones (excluding diaryl/α,β-unsaturated/α-hetero) is 1. The Bertz CT molecular complexity index is 857. The first-order chi connectivity index (χ1) is 13.0. The molecule has 1 saturated heterocycles. The lowest BCUT2D eigenvalue weighted by atomic mass is 9.98. The number of hydrogen-bond donors (Lipinski definition) is 0. The molecule has 1 aliphatic rings. The molecule has 9 heteroatoms.